The van der Waals surface area contributed by atoms with Crippen LogP contribution in [0.4, 0.5) is 5.69 Å². The van der Waals surface area contributed by atoms with Crippen molar-refractivity contribution in [3.8, 4) is 0 Å². The summed E-state index contributed by atoms with van der Waals surface area (Å²) in [5.41, 5.74) is 4.41. The van der Waals surface area contributed by atoms with Crippen LogP contribution in [-0.4, -0.2) is 10.2 Å². The molecule has 3 nitrogen and oxygen atoms in total. The highest BCUT2D eigenvalue weighted by molar-refractivity contribution is 9.10. The summed E-state index contributed by atoms with van der Waals surface area (Å²) in [6.45, 7) is 4.80. The quantitative estimate of drug-likeness (QED) is 0.904. The Morgan fingerprint density at radius 2 is 2.06 bits per heavy atom. The second-order valence-corrected chi connectivity index (χ2v) is 4.61. The van der Waals surface area contributed by atoms with E-state index in [-0.39, 0.29) is 0 Å². The first-order chi connectivity index (χ1) is 7.68. The lowest BCUT2D eigenvalue weighted by atomic mass is 10.2. The summed E-state index contributed by atoms with van der Waals surface area (Å²) in [6, 6.07) is 8.20. The van der Waals surface area contributed by atoms with Gasteiger partial charge in [-0.1, -0.05) is 34.1 Å². The first-order valence-electron chi connectivity index (χ1n) is 5.17. The van der Waals surface area contributed by atoms with Gasteiger partial charge in [0.25, 0.3) is 0 Å². The molecular weight excluding hydrogens is 266 g/mol. The van der Waals surface area contributed by atoms with Crippen LogP contribution in [0.2, 0.25) is 0 Å². The number of nitrogens with one attached hydrogen (secondary N) is 2. The zero-order chi connectivity index (χ0) is 11.5. The minimum Gasteiger partial charge on any atom is -0.378 e. The van der Waals surface area contributed by atoms with E-state index >= 15 is 0 Å². The zero-order valence-electron chi connectivity index (χ0n) is 9.34. The molecule has 2 aromatic rings. The largest absolute Gasteiger partial charge is 0.378 e. The molecule has 2 N–H and O–H groups in total. The number of H-pyrrole nitrogens is 1. The zero-order valence-corrected chi connectivity index (χ0v) is 10.9. The lowest BCUT2D eigenvalue weighted by molar-refractivity contribution is 1.02. The van der Waals surface area contributed by atoms with E-state index in [0.717, 1.165) is 28.1 Å². The van der Waals surface area contributed by atoms with Gasteiger partial charge in [0.05, 0.1) is 17.1 Å². The van der Waals surface area contributed by atoms with Crippen molar-refractivity contribution in [1.82, 2.24) is 10.2 Å². The van der Waals surface area contributed by atoms with Crippen LogP contribution in [0.3, 0.4) is 0 Å². The van der Waals surface area contributed by atoms with Crippen LogP contribution in [0.5, 0.6) is 0 Å². The lowest BCUT2D eigenvalue weighted by Gasteiger charge is -2.08. The smallest absolute Gasteiger partial charge is 0.0825 e. The van der Waals surface area contributed by atoms with Crippen molar-refractivity contribution in [2.45, 2.75) is 20.4 Å². The van der Waals surface area contributed by atoms with Crippen LogP contribution >= 0.6 is 15.9 Å². The van der Waals surface area contributed by atoms with E-state index in [1.807, 2.05) is 32.0 Å². The summed E-state index contributed by atoms with van der Waals surface area (Å²) in [5, 5.41) is 10.5. The Morgan fingerprint density at radius 3 is 2.69 bits per heavy atom. The van der Waals surface area contributed by atoms with E-state index in [0.29, 0.717) is 0 Å². The predicted molar refractivity (Wildman–Crippen MR) is 69.5 cm³/mol. The highest BCUT2D eigenvalue weighted by Crippen LogP contribution is 2.20. The Balaban J connectivity index is 2.11. The normalized spacial score (nSPS) is 10.4. The van der Waals surface area contributed by atoms with Gasteiger partial charge in [-0.3, -0.25) is 5.10 Å². The second-order valence-electron chi connectivity index (χ2n) is 3.75. The minimum absolute atomic E-state index is 0.794. The topological polar surface area (TPSA) is 40.7 Å². The third-order valence-electron chi connectivity index (χ3n) is 2.54. The highest BCUT2D eigenvalue weighted by atomic mass is 79.9. The molecule has 0 bridgehead atoms. The number of hydrogen-bond acceptors (Lipinski definition) is 2. The number of anilines is 1. The summed E-state index contributed by atoms with van der Waals surface area (Å²) in [7, 11) is 0. The van der Waals surface area contributed by atoms with Gasteiger partial charge in [0.2, 0.25) is 0 Å². The number of hydrogen-bond donors (Lipinski definition) is 2. The van der Waals surface area contributed by atoms with Crippen molar-refractivity contribution < 1.29 is 0 Å². The average molecular weight is 280 g/mol. The molecule has 0 saturated heterocycles. The number of halogens is 1. The van der Waals surface area contributed by atoms with Crippen LogP contribution in [0, 0.1) is 13.8 Å². The second kappa shape index (κ2) is 4.70. The van der Waals surface area contributed by atoms with Gasteiger partial charge in [-0.05, 0) is 25.5 Å². The maximum Gasteiger partial charge on any atom is 0.0825 e. The van der Waals surface area contributed by atoms with E-state index in [9.17, 15) is 0 Å². The Bertz CT molecular complexity index is 471. The molecule has 0 atom stereocenters. The van der Waals surface area contributed by atoms with Gasteiger partial charge in [-0.15, -0.1) is 0 Å². The molecule has 2 rings (SSSR count). The number of aromatic amines is 1. The predicted octanol–water partition coefficient (Wildman–Crippen LogP) is 3.40. The fourth-order valence-electron chi connectivity index (χ4n) is 1.64. The molecule has 1 aromatic carbocycles. The van der Waals surface area contributed by atoms with Crippen LogP contribution in [-0.2, 0) is 6.54 Å². The van der Waals surface area contributed by atoms with E-state index in [1.165, 1.54) is 5.56 Å². The Morgan fingerprint density at radius 1 is 1.31 bits per heavy atom. The van der Waals surface area contributed by atoms with Gasteiger partial charge >= 0.3 is 0 Å². The fourth-order valence-corrected chi connectivity index (χ4v) is 2.06. The third-order valence-corrected chi connectivity index (χ3v) is 3.32. The summed E-state index contributed by atoms with van der Waals surface area (Å²) in [5.74, 6) is 0. The van der Waals surface area contributed by atoms with E-state index in [4.69, 9.17) is 0 Å². The molecule has 0 saturated carbocycles. The minimum atomic E-state index is 0.794. The van der Waals surface area contributed by atoms with Crippen LogP contribution in [0.1, 0.15) is 17.0 Å². The maximum atomic E-state index is 4.15. The summed E-state index contributed by atoms with van der Waals surface area (Å²) >= 11 is 3.53. The van der Waals surface area contributed by atoms with Crippen LogP contribution in [0.25, 0.3) is 0 Å². The molecule has 0 aliphatic heterocycles. The first kappa shape index (κ1) is 11.2. The van der Waals surface area contributed by atoms with Crippen molar-refractivity contribution in [1.29, 1.82) is 0 Å². The lowest BCUT2D eigenvalue weighted by Crippen LogP contribution is -2.01. The van der Waals surface area contributed by atoms with Gasteiger partial charge in [0.15, 0.2) is 0 Å². The molecule has 0 aliphatic carbocycles. The number of nitrogens with zero attached hydrogens (tertiary/aromatic N) is 1. The summed E-state index contributed by atoms with van der Waals surface area (Å²) in [6.07, 6.45) is 0. The molecule has 0 amide bonds. The molecule has 0 fully saturated rings. The summed E-state index contributed by atoms with van der Waals surface area (Å²) < 4.78 is 1.13. The Hall–Kier alpha value is -1.29. The van der Waals surface area contributed by atoms with Gasteiger partial charge in [-0.2, -0.15) is 5.10 Å². The fraction of sp³-hybridized carbons (Fsp3) is 0.250. The number of aryl methyl sites for hydroxylation is 2. The molecule has 16 heavy (non-hydrogen) atoms. The monoisotopic (exact) mass is 279 g/mol. The van der Waals surface area contributed by atoms with Crippen molar-refractivity contribution >= 4 is 21.6 Å². The average Bonchev–Trinajstić information content (AvgIpc) is 2.58. The van der Waals surface area contributed by atoms with E-state index < -0.39 is 0 Å². The number of aromatic nitrogens is 2. The molecule has 0 unspecified atom stereocenters. The van der Waals surface area contributed by atoms with E-state index in [1.54, 1.807) is 0 Å². The Labute approximate surface area is 103 Å². The molecule has 1 aromatic heterocycles. The molecule has 1 heterocycles. The maximum absolute atomic E-state index is 4.15. The number of benzene rings is 1. The molecule has 4 heteroatoms. The SMILES string of the molecule is Cc1n[nH]c(C)c1NCc1ccccc1Br. The van der Waals surface area contributed by atoms with Crippen LogP contribution in [0.15, 0.2) is 28.7 Å². The van der Waals surface area contributed by atoms with Crippen LogP contribution < -0.4 is 5.32 Å². The third kappa shape index (κ3) is 2.27. The highest BCUT2D eigenvalue weighted by Gasteiger charge is 2.06. The standard InChI is InChI=1S/C12H14BrN3/c1-8-12(9(2)16-15-8)14-7-10-5-3-4-6-11(10)13/h3-6,14H,7H2,1-2H3,(H,15,16). The molecule has 84 valence electrons. The van der Waals surface area contributed by atoms with Gasteiger partial charge in [0, 0.05) is 11.0 Å². The first-order valence-corrected chi connectivity index (χ1v) is 5.96. The van der Waals surface area contributed by atoms with Gasteiger partial charge < -0.3 is 5.32 Å². The van der Waals surface area contributed by atoms with E-state index in [2.05, 4.69) is 37.5 Å². The van der Waals surface area contributed by atoms with Crippen molar-refractivity contribution in [2.75, 3.05) is 5.32 Å². The number of rotatable bonds is 3. The summed E-state index contributed by atoms with van der Waals surface area (Å²) in [4.78, 5) is 0. The molecule has 0 spiro atoms. The Kier molecular flexibility index (Phi) is 3.29. The van der Waals surface area contributed by atoms with Crippen molar-refractivity contribution in [3.05, 3.63) is 45.7 Å². The molecular formula is C12H14BrN3. The van der Waals surface area contributed by atoms with Crippen molar-refractivity contribution in [2.24, 2.45) is 0 Å². The van der Waals surface area contributed by atoms with Gasteiger partial charge in [-0.25, -0.2) is 0 Å². The molecule has 0 aliphatic rings. The van der Waals surface area contributed by atoms with Crippen molar-refractivity contribution in [3.63, 3.8) is 0 Å². The molecule has 0 radical (unpaired) electrons. The van der Waals surface area contributed by atoms with Gasteiger partial charge in [0.1, 0.15) is 0 Å².